The van der Waals surface area contributed by atoms with Crippen molar-refractivity contribution in [3.05, 3.63) is 29.8 Å². The highest BCUT2D eigenvalue weighted by molar-refractivity contribution is 5.30. The number of hydrogen-bond donors (Lipinski definition) is 1. The van der Waals surface area contributed by atoms with Crippen molar-refractivity contribution >= 4 is 0 Å². The molecular weight excluding hydrogens is 262 g/mol. The van der Waals surface area contributed by atoms with Gasteiger partial charge in [-0.2, -0.15) is 0 Å². The van der Waals surface area contributed by atoms with Crippen LogP contribution in [-0.4, -0.2) is 26.8 Å². The Morgan fingerprint density at radius 2 is 1.90 bits per heavy atom. The van der Waals surface area contributed by atoms with E-state index in [9.17, 15) is 0 Å². The van der Waals surface area contributed by atoms with Crippen molar-refractivity contribution in [2.75, 3.05) is 20.7 Å². The van der Waals surface area contributed by atoms with Crippen molar-refractivity contribution in [3.63, 3.8) is 0 Å². The van der Waals surface area contributed by atoms with E-state index in [1.807, 2.05) is 19.2 Å². The van der Waals surface area contributed by atoms with Crippen molar-refractivity contribution in [3.8, 4) is 5.75 Å². The second-order valence-electron chi connectivity index (χ2n) is 6.50. The molecule has 0 saturated heterocycles. The van der Waals surface area contributed by atoms with Crippen LogP contribution in [0.5, 0.6) is 5.75 Å². The average Bonchev–Trinajstić information content (AvgIpc) is 2.46. The van der Waals surface area contributed by atoms with Gasteiger partial charge in [0.25, 0.3) is 0 Å². The molecule has 1 saturated carbocycles. The summed E-state index contributed by atoms with van der Waals surface area (Å²) < 4.78 is 11.8. The van der Waals surface area contributed by atoms with Gasteiger partial charge in [-0.1, -0.05) is 26.0 Å². The van der Waals surface area contributed by atoms with Gasteiger partial charge in [0, 0.05) is 6.54 Å². The largest absolute Gasteiger partial charge is 0.497 e. The lowest BCUT2D eigenvalue weighted by atomic mass is 9.81. The molecule has 3 atom stereocenters. The zero-order valence-electron chi connectivity index (χ0n) is 13.8. The summed E-state index contributed by atoms with van der Waals surface area (Å²) in [6.07, 6.45) is 4.14. The van der Waals surface area contributed by atoms with E-state index >= 15 is 0 Å². The van der Waals surface area contributed by atoms with E-state index in [-0.39, 0.29) is 6.10 Å². The highest BCUT2D eigenvalue weighted by Gasteiger charge is 2.27. The number of hydrogen-bond acceptors (Lipinski definition) is 3. The Hall–Kier alpha value is -1.06. The maximum atomic E-state index is 6.44. The van der Waals surface area contributed by atoms with Crippen molar-refractivity contribution in [2.24, 2.45) is 11.8 Å². The minimum absolute atomic E-state index is 0.0904. The molecule has 1 aromatic carbocycles. The maximum Gasteiger partial charge on any atom is 0.119 e. The van der Waals surface area contributed by atoms with E-state index in [0.29, 0.717) is 6.10 Å². The van der Waals surface area contributed by atoms with Crippen LogP contribution in [0.25, 0.3) is 0 Å². The molecule has 0 aliphatic heterocycles. The van der Waals surface area contributed by atoms with Crippen LogP contribution >= 0.6 is 0 Å². The van der Waals surface area contributed by atoms with E-state index in [2.05, 4.69) is 31.3 Å². The molecule has 0 amide bonds. The Kier molecular flexibility index (Phi) is 6.07. The molecule has 1 aliphatic rings. The molecule has 0 bridgehead atoms. The minimum Gasteiger partial charge on any atom is -0.497 e. The molecule has 0 radical (unpaired) electrons. The SMILES string of the molecule is CNCC(OC1CC(C)CC(C)C1)c1cccc(OC)c1. The molecule has 2 rings (SSSR count). The predicted octanol–water partition coefficient (Wildman–Crippen LogP) is 3.80. The van der Waals surface area contributed by atoms with Gasteiger partial charge in [0.1, 0.15) is 5.75 Å². The van der Waals surface area contributed by atoms with Gasteiger partial charge in [-0.05, 0) is 55.8 Å². The van der Waals surface area contributed by atoms with Crippen LogP contribution in [0.15, 0.2) is 24.3 Å². The number of benzene rings is 1. The van der Waals surface area contributed by atoms with Crippen LogP contribution in [0.4, 0.5) is 0 Å². The molecule has 118 valence electrons. The van der Waals surface area contributed by atoms with E-state index < -0.39 is 0 Å². The van der Waals surface area contributed by atoms with Crippen LogP contribution in [0, 0.1) is 11.8 Å². The van der Waals surface area contributed by atoms with Crippen molar-refractivity contribution in [1.82, 2.24) is 5.32 Å². The van der Waals surface area contributed by atoms with E-state index in [4.69, 9.17) is 9.47 Å². The van der Waals surface area contributed by atoms with Crippen molar-refractivity contribution in [1.29, 1.82) is 0 Å². The molecule has 1 aliphatic carbocycles. The first-order valence-electron chi connectivity index (χ1n) is 8.06. The van der Waals surface area contributed by atoms with Gasteiger partial charge in [0.15, 0.2) is 0 Å². The lowest BCUT2D eigenvalue weighted by Crippen LogP contribution is -2.30. The smallest absolute Gasteiger partial charge is 0.119 e. The summed E-state index contributed by atoms with van der Waals surface area (Å²) in [4.78, 5) is 0. The van der Waals surface area contributed by atoms with Crippen LogP contribution in [-0.2, 0) is 4.74 Å². The average molecular weight is 291 g/mol. The summed E-state index contributed by atoms with van der Waals surface area (Å²) in [5.74, 6) is 2.42. The summed E-state index contributed by atoms with van der Waals surface area (Å²) >= 11 is 0. The lowest BCUT2D eigenvalue weighted by molar-refractivity contribution is -0.0491. The Labute approximate surface area is 129 Å². The monoisotopic (exact) mass is 291 g/mol. The first-order chi connectivity index (χ1) is 10.1. The number of nitrogens with one attached hydrogen (secondary N) is 1. The van der Waals surface area contributed by atoms with Crippen LogP contribution in [0.2, 0.25) is 0 Å². The van der Waals surface area contributed by atoms with Crippen LogP contribution in [0.1, 0.15) is 44.8 Å². The quantitative estimate of drug-likeness (QED) is 0.865. The van der Waals surface area contributed by atoms with E-state index in [1.54, 1.807) is 7.11 Å². The van der Waals surface area contributed by atoms with Gasteiger partial charge in [0.05, 0.1) is 19.3 Å². The topological polar surface area (TPSA) is 30.5 Å². The fourth-order valence-corrected chi connectivity index (χ4v) is 3.49. The fraction of sp³-hybridized carbons (Fsp3) is 0.667. The van der Waals surface area contributed by atoms with Gasteiger partial charge in [-0.25, -0.2) is 0 Å². The zero-order chi connectivity index (χ0) is 15.2. The normalized spacial score (nSPS) is 27.3. The minimum atomic E-state index is 0.0904. The van der Waals surface area contributed by atoms with Crippen molar-refractivity contribution < 1.29 is 9.47 Å². The second-order valence-corrected chi connectivity index (χ2v) is 6.50. The zero-order valence-corrected chi connectivity index (χ0v) is 13.8. The van der Waals surface area contributed by atoms with Crippen LogP contribution in [0.3, 0.4) is 0 Å². The molecule has 3 heteroatoms. The highest BCUT2D eigenvalue weighted by atomic mass is 16.5. The fourth-order valence-electron chi connectivity index (χ4n) is 3.49. The molecule has 0 spiro atoms. The van der Waals surface area contributed by atoms with Gasteiger partial charge < -0.3 is 14.8 Å². The summed E-state index contributed by atoms with van der Waals surface area (Å²) in [5.41, 5.74) is 1.19. The number of rotatable bonds is 6. The first kappa shape index (κ1) is 16.3. The third-order valence-electron chi connectivity index (χ3n) is 4.35. The number of likely N-dealkylation sites (N-methyl/N-ethyl adjacent to an activating group) is 1. The number of ether oxygens (including phenoxy) is 2. The molecule has 0 heterocycles. The second kappa shape index (κ2) is 7.81. The molecule has 1 aromatic rings. The molecule has 1 fully saturated rings. The van der Waals surface area contributed by atoms with Gasteiger partial charge in [0.2, 0.25) is 0 Å². The Morgan fingerprint density at radius 1 is 1.19 bits per heavy atom. The van der Waals surface area contributed by atoms with E-state index in [1.165, 1.54) is 24.8 Å². The Morgan fingerprint density at radius 3 is 2.52 bits per heavy atom. The standard InChI is InChI=1S/C18H29NO2/c1-13-8-14(2)10-17(9-13)21-18(12-19-3)15-6-5-7-16(11-15)20-4/h5-7,11,13-14,17-19H,8-10,12H2,1-4H3. The van der Waals surface area contributed by atoms with Gasteiger partial charge >= 0.3 is 0 Å². The number of methoxy groups -OCH3 is 1. The van der Waals surface area contributed by atoms with Crippen molar-refractivity contribution in [2.45, 2.75) is 45.3 Å². The first-order valence-corrected chi connectivity index (χ1v) is 8.06. The van der Waals surface area contributed by atoms with Gasteiger partial charge in [-0.15, -0.1) is 0 Å². The molecule has 0 aromatic heterocycles. The Bertz CT molecular complexity index is 425. The molecule has 21 heavy (non-hydrogen) atoms. The van der Waals surface area contributed by atoms with Crippen LogP contribution < -0.4 is 10.1 Å². The summed E-state index contributed by atoms with van der Waals surface area (Å²) in [5, 5.41) is 3.25. The molecule has 1 N–H and O–H groups in total. The third kappa shape index (κ3) is 4.72. The summed E-state index contributed by atoms with van der Waals surface area (Å²) in [6, 6.07) is 8.22. The lowest BCUT2D eigenvalue weighted by Gasteiger charge is -2.34. The summed E-state index contributed by atoms with van der Waals surface area (Å²) in [6.45, 7) is 5.50. The molecular formula is C18H29NO2. The summed E-state index contributed by atoms with van der Waals surface area (Å²) in [7, 11) is 3.68. The Balaban J connectivity index is 2.07. The maximum absolute atomic E-state index is 6.44. The third-order valence-corrected chi connectivity index (χ3v) is 4.35. The van der Waals surface area contributed by atoms with E-state index in [0.717, 1.165) is 24.1 Å². The van der Waals surface area contributed by atoms with Gasteiger partial charge in [-0.3, -0.25) is 0 Å². The molecule has 3 unspecified atom stereocenters. The molecule has 3 nitrogen and oxygen atoms in total. The highest BCUT2D eigenvalue weighted by Crippen LogP contribution is 2.33. The predicted molar refractivity (Wildman–Crippen MR) is 86.7 cm³/mol.